The van der Waals surface area contributed by atoms with E-state index in [1.54, 1.807) is 18.7 Å². The third-order valence-electron chi connectivity index (χ3n) is 2.79. The van der Waals surface area contributed by atoms with Crippen LogP contribution in [0.2, 0.25) is 0 Å². The van der Waals surface area contributed by atoms with Gasteiger partial charge in [0.25, 0.3) is 0 Å². The van der Waals surface area contributed by atoms with Gasteiger partial charge < -0.3 is 4.42 Å². The first-order chi connectivity index (χ1) is 9.24. The van der Waals surface area contributed by atoms with E-state index in [1.807, 2.05) is 18.3 Å². The lowest BCUT2D eigenvalue weighted by Gasteiger charge is -2.08. The molecule has 0 spiro atoms. The van der Waals surface area contributed by atoms with Crippen molar-refractivity contribution in [3.8, 4) is 0 Å². The number of nitrogens with zero attached hydrogens (tertiary/aromatic N) is 3. The van der Waals surface area contributed by atoms with Crippen molar-refractivity contribution in [1.29, 1.82) is 0 Å². The molecule has 0 radical (unpaired) electrons. The molecule has 3 rings (SSSR count). The highest BCUT2D eigenvalue weighted by Gasteiger charge is 2.15. The Bertz CT molecular complexity index is 705. The monoisotopic (exact) mass is 271 g/mol. The topological polar surface area (TPSA) is 51.8 Å². The average Bonchev–Trinajstić information content (AvgIpc) is 2.86. The summed E-state index contributed by atoms with van der Waals surface area (Å²) in [6, 6.07) is 10.2. The highest BCUT2D eigenvalue weighted by molar-refractivity contribution is 7.99. The van der Waals surface area contributed by atoms with Gasteiger partial charge >= 0.3 is 0 Å². The summed E-state index contributed by atoms with van der Waals surface area (Å²) in [5.74, 6) is 1.24. The van der Waals surface area contributed by atoms with Crippen LogP contribution < -0.4 is 0 Å². The summed E-state index contributed by atoms with van der Waals surface area (Å²) < 4.78 is 5.47. The van der Waals surface area contributed by atoms with E-state index in [2.05, 4.69) is 40.3 Å². The lowest BCUT2D eigenvalue weighted by atomic mass is 10.2. The minimum atomic E-state index is 0.105. The number of rotatable bonds is 3. The van der Waals surface area contributed by atoms with Crippen LogP contribution >= 0.6 is 11.8 Å². The number of thioether (sulfide) groups is 1. The first-order valence-electron chi connectivity index (χ1n) is 6.04. The number of para-hydroxylation sites is 1. The number of benzene rings is 1. The van der Waals surface area contributed by atoms with Gasteiger partial charge in [-0.25, -0.2) is 0 Å². The van der Waals surface area contributed by atoms with Crippen LogP contribution in [0.1, 0.15) is 24.0 Å². The molecule has 1 unspecified atom stereocenters. The van der Waals surface area contributed by atoms with Gasteiger partial charge in [0.15, 0.2) is 0 Å². The first-order valence-corrected chi connectivity index (χ1v) is 6.92. The molecular formula is C14H13N3OS. The molecule has 2 heterocycles. The molecule has 0 amide bonds. The van der Waals surface area contributed by atoms with Crippen molar-refractivity contribution in [2.24, 2.45) is 0 Å². The molecule has 3 aromatic rings. The summed E-state index contributed by atoms with van der Waals surface area (Å²) in [7, 11) is 0. The Morgan fingerprint density at radius 3 is 2.79 bits per heavy atom. The molecule has 0 N–H and O–H groups in total. The molecule has 0 aliphatic carbocycles. The standard InChI is InChI=1S/C14H13N3OS/c1-9(14-17-16-10(2)18-14)19-12-7-3-5-11-6-4-8-15-13(11)12/h3-9H,1-2H3. The molecule has 0 saturated heterocycles. The van der Waals surface area contributed by atoms with Crippen LogP contribution in [0, 0.1) is 6.92 Å². The summed E-state index contributed by atoms with van der Waals surface area (Å²) in [4.78, 5) is 5.57. The van der Waals surface area contributed by atoms with Crippen molar-refractivity contribution >= 4 is 22.7 Å². The second kappa shape index (κ2) is 5.01. The molecule has 19 heavy (non-hydrogen) atoms. The first kappa shape index (κ1) is 12.2. The molecular weight excluding hydrogens is 258 g/mol. The van der Waals surface area contributed by atoms with E-state index in [-0.39, 0.29) is 5.25 Å². The van der Waals surface area contributed by atoms with Crippen LogP contribution in [0.15, 0.2) is 45.8 Å². The van der Waals surface area contributed by atoms with Gasteiger partial charge in [-0.3, -0.25) is 4.98 Å². The van der Waals surface area contributed by atoms with E-state index in [1.165, 1.54) is 0 Å². The maximum atomic E-state index is 5.47. The normalized spacial score (nSPS) is 12.7. The Hall–Kier alpha value is -1.88. The molecule has 0 bridgehead atoms. The molecule has 0 aliphatic rings. The molecule has 1 atom stereocenters. The lowest BCUT2D eigenvalue weighted by Crippen LogP contribution is -1.90. The Labute approximate surface area is 115 Å². The molecule has 0 saturated carbocycles. The van der Waals surface area contributed by atoms with E-state index < -0.39 is 0 Å². The summed E-state index contributed by atoms with van der Waals surface area (Å²) in [6.45, 7) is 3.85. The molecule has 96 valence electrons. The average molecular weight is 271 g/mol. The summed E-state index contributed by atoms with van der Waals surface area (Å²) in [5, 5.41) is 9.18. The zero-order valence-corrected chi connectivity index (χ0v) is 11.5. The van der Waals surface area contributed by atoms with Crippen LogP contribution in [0.3, 0.4) is 0 Å². The van der Waals surface area contributed by atoms with Crippen molar-refractivity contribution in [3.63, 3.8) is 0 Å². The molecule has 0 fully saturated rings. The Kier molecular flexibility index (Phi) is 3.21. The van der Waals surface area contributed by atoms with Gasteiger partial charge in [-0.2, -0.15) is 0 Å². The number of fused-ring (bicyclic) bond motifs is 1. The SMILES string of the molecule is Cc1nnc(C(C)Sc2cccc3cccnc23)o1. The predicted octanol–water partition coefficient (Wildman–Crippen LogP) is 3.78. The minimum Gasteiger partial charge on any atom is -0.424 e. The minimum absolute atomic E-state index is 0.105. The molecule has 2 aromatic heterocycles. The third kappa shape index (κ3) is 2.46. The van der Waals surface area contributed by atoms with Crippen molar-refractivity contribution in [3.05, 3.63) is 48.3 Å². The number of hydrogen-bond donors (Lipinski definition) is 0. The van der Waals surface area contributed by atoms with Crippen molar-refractivity contribution in [2.75, 3.05) is 0 Å². The van der Waals surface area contributed by atoms with Gasteiger partial charge in [0, 0.05) is 23.4 Å². The van der Waals surface area contributed by atoms with Crippen molar-refractivity contribution in [1.82, 2.24) is 15.2 Å². The quantitative estimate of drug-likeness (QED) is 0.678. The van der Waals surface area contributed by atoms with Crippen LogP contribution in [0.25, 0.3) is 10.9 Å². The predicted molar refractivity (Wildman–Crippen MR) is 75.1 cm³/mol. The molecule has 5 heteroatoms. The lowest BCUT2D eigenvalue weighted by molar-refractivity contribution is 0.470. The van der Waals surface area contributed by atoms with Gasteiger partial charge in [0.05, 0.1) is 10.8 Å². The van der Waals surface area contributed by atoms with Gasteiger partial charge in [-0.15, -0.1) is 22.0 Å². The van der Waals surface area contributed by atoms with Gasteiger partial charge in [-0.1, -0.05) is 18.2 Å². The Morgan fingerprint density at radius 2 is 2.00 bits per heavy atom. The number of aromatic nitrogens is 3. The fourth-order valence-corrected chi connectivity index (χ4v) is 2.90. The second-order valence-corrected chi connectivity index (χ2v) is 5.63. The van der Waals surface area contributed by atoms with Crippen LogP contribution in [0.5, 0.6) is 0 Å². The fraction of sp³-hybridized carbons (Fsp3) is 0.214. The fourth-order valence-electron chi connectivity index (χ4n) is 1.89. The Morgan fingerprint density at radius 1 is 1.16 bits per heavy atom. The van der Waals surface area contributed by atoms with Gasteiger partial charge in [0.2, 0.25) is 11.8 Å². The van der Waals surface area contributed by atoms with Crippen molar-refractivity contribution in [2.45, 2.75) is 24.0 Å². The zero-order valence-electron chi connectivity index (χ0n) is 10.7. The van der Waals surface area contributed by atoms with E-state index >= 15 is 0 Å². The van der Waals surface area contributed by atoms with E-state index in [0.717, 1.165) is 15.8 Å². The number of aryl methyl sites for hydroxylation is 1. The third-order valence-corrected chi connectivity index (χ3v) is 3.93. The molecule has 1 aromatic carbocycles. The van der Waals surface area contributed by atoms with Gasteiger partial charge in [0.1, 0.15) is 0 Å². The van der Waals surface area contributed by atoms with E-state index in [0.29, 0.717) is 11.8 Å². The van der Waals surface area contributed by atoms with E-state index in [4.69, 9.17) is 4.42 Å². The van der Waals surface area contributed by atoms with Crippen LogP contribution in [-0.4, -0.2) is 15.2 Å². The highest BCUT2D eigenvalue weighted by Crippen LogP contribution is 2.37. The van der Waals surface area contributed by atoms with Crippen LogP contribution in [-0.2, 0) is 0 Å². The second-order valence-electron chi connectivity index (χ2n) is 4.25. The molecule has 0 aliphatic heterocycles. The number of hydrogen-bond acceptors (Lipinski definition) is 5. The largest absolute Gasteiger partial charge is 0.424 e. The summed E-state index contributed by atoms with van der Waals surface area (Å²) in [5.41, 5.74) is 1.01. The van der Waals surface area contributed by atoms with Gasteiger partial charge in [-0.05, 0) is 19.1 Å². The molecule has 4 nitrogen and oxygen atoms in total. The highest BCUT2D eigenvalue weighted by atomic mass is 32.2. The summed E-state index contributed by atoms with van der Waals surface area (Å²) in [6.07, 6.45) is 1.81. The maximum absolute atomic E-state index is 5.47. The zero-order chi connectivity index (χ0) is 13.2. The smallest absolute Gasteiger partial charge is 0.229 e. The van der Waals surface area contributed by atoms with E-state index in [9.17, 15) is 0 Å². The number of pyridine rings is 1. The Balaban J connectivity index is 1.93. The van der Waals surface area contributed by atoms with Crippen LogP contribution in [0.4, 0.5) is 0 Å². The van der Waals surface area contributed by atoms with Crippen molar-refractivity contribution < 1.29 is 4.42 Å². The summed E-state index contributed by atoms with van der Waals surface area (Å²) >= 11 is 1.68. The maximum Gasteiger partial charge on any atom is 0.229 e.